The number of nitrogens with two attached hydrogens (primary N) is 1. The Morgan fingerprint density at radius 2 is 1.59 bits per heavy atom. The van der Waals surface area contributed by atoms with Crippen LogP contribution in [0, 0.1) is 5.92 Å². The fourth-order valence-electron chi connectivity index (χ4n) is 4.11. The van der Waals surface area contributed by atoms with Gasteiger partial charge in [-0.05, 0) is 44.7 Å². The third-order valence-electron chi connectivity index (χ3n) is 5.24. The van der Waals surface area contributed by atoms with Gasteiger partial charge in [-0.15, -0.1) is 0 Å². The van der Waals surface area contributed by atoms with Crippen molar-refractivity contribution in [1.29, 1.82) is 0 Å². The number of hydrogen-bond donors (Lipinski definition) is 2. The molecule has 3 rings (SSSR count). The van der Waals surface area contributed by atoms with E-state index in [1.165, 1.54) is 0 Å². The molecule has 2 aromatic rings. The Kier molecular flexibility index (Phi) is 5.41. The molecule has 4 heteroatoms. The van der Waals surface area contributed by atoms with Gasteiger partial charge < -0.3 is 15.6 Å². The zero-order valence-electron chi connectivity index (χ0n) is 16.3. The van der Waals surface area contributed by atoms with Crippen molar-refractivity contribution in [3.8, 4) is 0 Å². The number of aliphatic hydroxyl groups is 1. The van der Waals surface area contributed by atoms with Crippen molar-refractivity contribution in [3.63, 3.8) is 0 Å². The quantitative estimate of drug-likeness (QED) is 0.811. The third-order valence-corrected chi connectivity index (χ3v) is 5.24. The predicted molar refractivity (Wildman–Crippen MR) is 106 cm³/mol. The Morgan fingerprint density at radius 3 is 2.15 bits per heavy atom. The zero-order valence-corrected chi connectivity index (χ0v) is 16.3. The number of carbonyl (C=O) groups excluding carboxylic acids is 1. The van der Waals surface area contributed by atoms with Crippen LogP contribution in [-0.4, -0.2) is 22.7 Å². The first-order valence-electron chi connectivity index (χ1n) is 9.51. The largest absolute Gasteiger partial charge is 0.460 e. The molecule has 2 aromatic carbocycles. The summed E-state index contributed by atoms with van der Waals surface area (Å²) >= 11 is 0. The van der Waals surface area contributed by atoms with Gasteiger partial charge in [-0.1, -0.05) is 60.7 Å². The van der Waals surface area contributed by atoms with Crippen LogP contribution in [0.5, 0.6) is 0 Å². The maximum atomic E-state index is 13.0. The first-order chi connectivity index (χ1) is 12.7. The second-order valence-electron chi connectivity index (χ2n) is 8.55. The first kappa shape index (κ1) is 19.6. The van der Waals surface area contributed by atoms with Crippen LogP contribution in [0.15, 0.2) is 60.7 Å². The third kappa shape index (κ3) is 4.40. The number of ether oxygens (including phenoxy) is 1. The topological polar surface area (TPSA) is 72.5 Å². The van der Waals surface area contributed by atoms with Crippen LogP contribution < -0.4 is 5.73 Å². The second-order valence-corrected chi connectivity index (χ2v) is 8.55. The van der Waals surface area contributed by atoms with E-state index in [0.29, 0.717) is 12.8 Å². The van der Waals surface area contributed by atoms with E-state index in [-0.39, 0.29) is 11.9 Å². The summed E-state index contributed by atoms with van der Waals surface area (Å²) in [4.78, 5) is 13.0. The molecule has 1 aliphatic rings. The van der Waals surface area contributed by atoms with E-state index < -0.39 is 23.2 Å². The fourth-order valence-corrected chi connectivity index (χ4v) is 4.11. The van der Waals surface area contributed by atoms with Crippen molar-refractivity contribution in [2.24, 2.45) is 11.7 Å². The molecular weight excluding hydrogens is 338 g/mol. The minimum absolute atomic E-state index is 0.213. The molecule has 0 amide bonds. The molecule has 0 unspecified atom stereocenters. The Labute approximate surface area is 161 Å². The molecule has 0 spiro atoms. The highest BCUT2D eigenvalue weighted by molar-refractivity contribution is 5.75. The molecule has 4 nitrogen and oxygen atoms in total. The highest BCUT2D eigenvalue weighted by atomic mass is 16.6. The maximum absolute atomic E-state index is 13.0. The minimum atomic E-state index is -1.07. The molecule has 144 valence electrons. The van der Waals surface area contributed by atoms with E-state index in [0.717, 1.165) is 11.1 Å². The van der Waals surface area contributed by atoms with E-state index in [4.69, 9.17) is 10.5 Å². The molecule has 27 heavy (non-hydrogen) atoms. The number of benzene rings is 2. The summed E-state index contributed by atoms with van der Waals surface area (Å²) in [5.74, 6) is -0.996. The summed E-state index contributed by atoms with van der Waals surface area (Å²) in [6.07, 6.45) is 0.753. The molecule has 3 N–H and O–H groups in total. The van der Waals surface area contributed by atoms with Gasteiger partial charge in [-0.2, -0.15) is 0 Å². The molecule has 0 radical (unpaired) electrons. The van der Waals surface area contributed by atoms with Gasteiger partial charge in [0.15, 0.2) is 0 Å². The van der Waals surface area contributed by atoms with Gasteiger partial charge in [-0.25, -0.2) is 0 Å². The lowest BCUT2D eigenvalue weighted by Gasteiger charge is -2.45. The van der Waals surface area contributed by atoms with Gasteiger partial charge in [-0.3, -0.25) is 4.79 Å². The van der Waals surface area contributed by atoms with Crippen LogP contribution >= 0.6 is 0 Å². The molecule has 0 heterocycles. The lowest BCUT2D eigenvalue weighted by Crippen LogP contribution is -2.52. The second kappa shape index (κ2) is 7.45. The number of carbonyl (C=O) groups is 1. The molecule has 1 fully saturated rings. The summed E-state index contributed by atoms with van der Waals surface area (Å²) in [6, 6.07) is 18.9. The number of esters is 1. The van der Waals surface area contributed by atoms with Gasteiger partial charge in [0.1, 0.15) is 5.60 Å². The summed E-state index contributed by atoms with van der Waals surface area (Å²) in [5, 5.41) is 11.4. The van der Waals surface area contributed by atoms with Crippen molar-refractivity contribution in [1.82, 2.24) is 0 Å². The van der Waals surface area contributed by atoms with E-state index in [1.807, 2.05) is 81.4 Å². The molecule has 0 saturated heterocycles. The first-order valence-corrected chi connectivity index (χ1v) is 9.51. The van der Waals surface area contributed by atoms with Crippen molar-refractivity contribution in [3.05, 3.63) is 71.8 Å². The van der Waals surface area contributed by atoms with Crippen LogP contribution in [0.25, 0.3) is 0 Å². The van der Waals surface area contributed by atoms with E-state index in [1.54, 1.807) is 0 Å². The smallest absolute Gasteiger partial charge is 0.311 e. The van der Waals surface area contributed by atoms with Gasteiger partial charge in [0.05, 0.1) is 11.5 Å². The van der Waals surface area contributed by atoms with E-state index in [2.05, 4.69) is 0 Å². The highest BCUT2D eigenvalue weighted by Crippen LogP contribution is 2.47. The van der Waals surface area contributed by atoms with Crippen LogP contribution in [0.2, 0.25) is 0 Å². The number of hydrogen-bond acceptors (Lipinski definition) is 4. The Hall–Kier alpha value is -2.17. The number of rotatable bonds is 3. The molecule has 4 atom stereocenters. The molecule has 0 aromatic heterocycles. The van der Waals surface area contributed by atoms with Crippen LogP contribution in [0.4, 0.5) is 0 Å². The van der Waals surface area contributed by atoms with Crippen molar-refractivity contribution < 1.29 is 14.6 Å². The van der Waals surface area contributed by atoms with E-state index >= 15 is 0 Å². The van der Waals surface area contributed by atoms with Crippen molar-refractivity contribution in [2.45, 2.75) is 56.8 Å². The summed E-state index contributed by atoms with van der Waals surface area (Å²) in [7, 11) is 0. The van der Waals surface area contributed by atoms with Gasteiger partial charge in [0.25, 0.3) is 0 Å². The monoisotopic (exact) mass is 367 g/mol. The molecular formula is C23H29NO3. The van der Waals surface area contributed by atoms with Crippen LogP contribution in [-0.2, 0) is 15.1 Å². The minimum Gasteiger partial charge on any atom is -0.460 e. The average molecular weight is 367 g/mol. The lowest BCUT2D eigenvalue weighted by molar-refractivity contribution is -0.165. The SMILES string of the molecule is CC(C)(C)OC(=O)[C@@H]1[C@@H](c2ccccc2)C[C@@](O)(c2ccccc2)C[C@@H]1N. The van der Waals surface area contributed by atoms with Gasteiger partial charge in [0.2, 0.25) is 0 Å². The average Bonchev–Trinajstić information content (AvgIpc) is 2.61. The maximum Gasteiger partial charge on any atom is 0.311 e. The Balaban J connectivity index is 1.99. The summed E-state index contributed by atoms with van der Waals surface area (Å²) in [5.41, 5.74) is 6.67. The van der Waals surface area contributed by atoms with Crippen molar-refractivity contribution >= 4 is 5.97 Å². The molecule has 0 bridgehead atoms. The van der Waals surface area contributed by atoms with Crippen molar-refractivity contribution in [2.75, 3.05) is 0 Å². The fraction of sp³-hybridized carbons (Fsp3) is 0.435. The Morgan fingerprint density at radius 1 is 1.04 bits per heavy atom. The zero-order chi connectivity index (χ0) is 19.7. The highest BCUT2D eigenvalue weighted by Gasteiger charge is 2.49. The van der Waals surface area contributed by atoms with Gasteiger partial charge in [0, 0.05) is 12.0 Å². The molecule has 1 aliphatic carbocycles. The normalized spacial score (nSPS) is 28.6. The van der Waals surface area contributed by atoms with Crippen LogP contribution in [0.3, 0.4) is 0 Å². The standard InChI is InChI=1S/C23H29NO3/c1-22(2,3)27-21(25)20-18(16-10-6-4-7-11-16)14-23(26,15-19(20)24)17-12-8-5-9-13-17/h4-13,18-20,26H,14-15,24H2,1-3H3/t18-,19+,20-,23+/m1/s1. The predicted octanol–water partition coefficient (Wildman–Crippen LogP) is 3.74. The Bertz CT molecular complexity index is 769. The summed E-state index contributed by atoms with van der Waals surface area (Å²) < 4.78 is 5.67. The lowest BCUT2D eigenvalue weighted by atomic mass is 9.64. The molecule has 1 saturated carbocycles. The van der Waals surface area contributed by atoms with E-state index in [9.17, 15) is 9.90 Å². The van der Waals surface area contributed by atoms with Gasteiger partial charge >= 0.3 is 5.97 Å². The molecule has 0 aliphatic heterocycles. The summed E-state index contributed by atoms with van der Waals surface area (Å²) in [6.45, 7) is 5.57. The van der Waals surface area contributed by atoms with Crippen LogP contribution in [0.1, 0.15) is 50.7 Å².